The standard InChI is InChI=1S/C16H24N2O2S/c1-11(2)8-18(9-12(3)4)16(21)17-13-5-6-14-15(7-13)20-10-19-14/h5-7,11-12H,8-10H2,1-4H3,(H,17,21). The van der Waals surface area contributed by atoms with E-state index in [9.17, 15) is 0 Å². The molecule has 1 aliphatic rings. The number of fused-ring (bicyclic) bond motifs is 1. The SMILES string of the molecule is CC(C)CN(CC(C)C)C(=S)Nc1ccc2c(c1)OCO2. The average molecular weight is 308 g/mol. The molecule has 1 aliphatic heterocycles. The summed E-state index contributed by atoms with van der Waals surface area (Å²) in [5.74, 6) is 2.69. The number of anilines is 1. The van der Waals surface area contributed by atoms with Crippen LogP contribution in [0, 0.1) is 11.8 Å². The first-order valence-electron chi connectivity index (χ1n) is 7.41. The first-order chi connectivity index (χ1) is 9.95. The molecule has 0 aromatic heterocycles. The number of hydrogen-bond acceptors (Lipinski definition) is 3. The third-order valence-corrected chi connectivity index (χ3v) is 3.44. The van der Waals surface area contributed by atoms with E-state index in [0.29, 0.717) is 11.8 Å². The Labute approximate surface area is 132 Å². The molecule has 0 bridgehead atoms. The van der Waals surface area contributed by atoms with E-state index in [1.54, 1.807) is 0 Å². The summed E-state index contributed by atoms with van der Waals surface area (Å²) in [7, 11) is 0. The molecule has 1 heterocycles. The van der Waals surface area contributed by atoms with Gasteiger partial charge in [0.1, 0.15) is 0 Å². The quantitative estimate of drug-likeness (QED) is 0.838. The number of hydrogen-bond donors (Lipinski definition) is 1. The van der Waals surface area contributed by atoms with Crippen LogP contribution in [0.2, 0.25) is 0 Å². The predicted molar refractivity (Wildman–Crippen MR) is 90.0 cm³/mol. The third-order valence-electron chi connectivity index (χ3n) is 3.08. The predicted octanol–water partition coefficient (Wildman–Crippen LogP) is 3.73. The van der Waals surface area contributed by atoms with Crippen LogP contribution in [0.25, 0.3) is 0 Å². The summed E-state index contributed by atoms with van der Waals surface area (Å²) in [6.07, 6.45) is 0. The minimum absolute atomic E-state index is 0.288. The van der Waals surface area contributed by atoms with Gasteiger partial charge >= 0.3 is 0 Å². The minimum Gasteiger partial charge on any atom is -0.454 e. The van der Waals surface area contributed by atoms with E-state index in [0.717, 1.165) is 35.4 Å². The van der Waals surface area contributed by atoms with E-state index in [1.165, 1.54) is 0 Å². The Balaban J connectivity index is 2.03. The van der Waals surface area contributed by atoms with Gasteiger partial charge in [0.2, 0.25) is 6.79 Å². The second-order valence-electron chi connectivity index (χ2n) is 6.19. The Hall–Kier alpha value is -1.49. The van der Waals surface area contributed by atoms with Gasteiger partial charge in [-0.05, 0) is 36.2 Å². The molecule has 0 aliphatic carbocycles. The molecule has 1 aromatic rings. The topological polar surface area (TPSA) is 33.7 Å². The Morgan fingerprint density at radius 1 is 1.14 bits per heavy atom. The van der Waals surface area contributed by atoms with Gasteiger partial charge in [-0.2, -0.15) is 0 Å². The second-order valence-corrected chi connectivity index (χ2v) is 6.58. The zero-order chi connectivity index (χ0) is 15.4. The molecule has 0 radical (unpaired) electrons. The molecule has 0 unspecified atom stereocenters. The van der Waals surface area contributed by atoms with Gasteiger partial charge in [0.15, 0.2) is 16.6 Å². The molecule has 0 saturated heterocycles. The fraction of sp³-hybridized carbons (Fsp3) is 0.562. The summed E-state index contributed by atoms with van der Waals surface area (Å²) in [6.45, 7) is 11.0. The second kappa shape index (κ2) is 6.98. The Morgan fingerprint density at radius 2 is 1.76 bits per heavy atom. The van der Waals surface area contributed by atoms with Crippen LogP contribution in [0.4, 0.5) is 5.69 Å². The molecule has 0 amide bonds. The summed E-state index contributed by atoms with van der Waals surface area (Å²) >= 11 is 5.57. The first kappa shape index (κ1) is 15.9. The third kappa shape index (κ3) is 4.49. The van der Waals surface area contributed by atoms with Gasteiger partial charge in [-0.25, -0.2) is 0 Å². The van der Waals surface area contributed by atoms with Crippen molar-refractivity contribution >= 4 is 23.0 Å². The number of rotatable bonds is 5. The van der Waals surface area contributed by atoms with Crippen molar-refractivity contribution in [1.29, 1.82) is 0 Å². The van der Waals surface area contributed by atoms with Gasteiger partial charge in [-0.1, -0.05) is 27.7 Å². The highest BCUT2D eigenvalue weighted by atomic mass is 32.1. The lowest BCUT2D eigenvalue weighted by atomic mass is 10.1. The maximum absolute atomic E-state index is 5.57. The number of nitrogens with zero attached hydrogens (tertiary/aromatic N) is 1. The van der Waals surface area contributed by atoms with Gasteiger partial charge < -0.3 is 19.7 Å². The van der Waals surface area contributed by atoms with E-state index in [2.05, 4.69) is 37.9 Å². The van der Waals surface area contributed by atoms with Crippen molar-refractivity contribution in [1.82, 2.24) is 4.90 Å². The normalized spacial score (nSPS) is 12.9. The fourth-order valence-corrected chi connectivity index (χ4v) is 2.57. The van der Waals surface area contributed by atoms with Crippen molar-refractivity contribution in [2.45, 2.75) is 27.7 Å². The zero-order valence-electron chi connectivity index (χ0n) is 13.2. The Kier molecular flexibility index (Phi) is 5.28. The van der Waals surface area contributed by atoms with Crippen molar-refractivity contribution in [3.05, 3.63) is 18.2 Å². The monoisotopic (exact) mass is 308 g/mol. The van der Waals surface area contributed by atoms with Crippen molar-refractivity contribution in [3.63, 3.8) is 0 Å². The Morgan fingerprint density at radius 3 is 2.38 bits per heavy atom. The average Bonchev–Trinajstić information content (AvgIpc) is 2.84. The van der Waals surface area contributed by atoms with Gasteiger partial charge in [-0.15, -0.1) is 0 Å². The van der Waals surface area contributed by atoms with Gasteiger partial charge in [0.25, 0.3) is 0 Å². The smallest absolute Gasteiger partial charge is 0.231 e. The maximum Gasteiger partial charge on any atom is 0.231 e. The minimum atomic E-state index is 0.288. The van der Waals surface area contributed by atoms with E-state index < -0.39 is 0 Å². The van der Waals surface area contributed by atoms with Crippen LogP contribution in [0.1, 0.15) is 27.7 Å². The number of nitrogens with one attached hydrogen (secondary N) is 1. The highest BCUT2D eigenvalue weighted by molar-refractivity contribution is 7.80. The molecule has 0 atom stereocenters. The highest BCUT2D eigenvalue weighted by Crippen LogP contribution is 2.34. The van der Waals surface area contributed by atoms with Crippen molar-refractivity contribution < 1.29 is 9.47 Å². The molecule has 0 fully saturated rings. The fourth-order valence-electron chi connectivity index (χ4n) is 2.30. The zero-order valence-corrected chi connectivity index (χ0v) is 14.0. The molecule has 1 aromatic carbocycles. The van der Waals surface area contributed by atoms with Crippen LogP contribution in [0.5, 0.6) is 11.5 Å². The van der Waals surface area contributed by atoms with Crippen LogP contribution < -0.4 is 14.8 Å². The van der Waals surface area contributed by atoms with Crippen molar-refractivity contribution in [3.8, 4) is 11.5 Å². The van der Waals surface area contributed by atoms with Crippen LogP contribution in [-0.2, 0) is 0 Å². The molecule has 21 heavy (non-hydrogen) atoms. The van der Waals surface area contributed by atoms with E-state index in [-0.39, 0.29) is 6.79 Å². The lowest BCUT2D eigenvalue weighted by Gasteiger charge is -2.29. The molecule has 0 saturated carbocycles. The molecule has 1 N–H and O–H groups in total. The number of thiocarbonyl (C=S) groups is 1. The first-order valence-corrected chi connectivity index (χ1v) is 7.82. The summed E-state index contributed by atoms with van der Waals surface area (Å²) < 4.78 is 10.7. The van der Waals surface area contributed by atoms with Crippen molar-refractivity contribution in [2.75, 3.05) is 25.2 Å². The molecular weight excluding hydrogens is 284 g/mol. The summed E-state index contributed by atoms with van der Waals surface area (Å²) in [5.41, 5.74) is 0.932. The molecule has 2 rings (SSSR count). The van der Waals surface area contributed by atoms with E-state index >= 15 is 0 Å². The molecular formula is C16H24N2O2S. The summed E-state index contributed by atoms with van der Waals surface area (Å²) in [5, 5.41) is 4.06. The Bertz CT molecular complexity index is 493. The van der Waals surface area contributed by atoms with Crippen LogP contribution >= 0.6 is 12.2 Å². The lowest BCUT2D eigenvalue weighted by Crippen LogP contribution is -2.39. The summed E-state index contributed by atoms with van der Waals surface area (Å²) in [6, 6.07) is 5.79. The van der Waals surface area contributed by atoms with E-state index in [1.807, 2.05) is 18.2 Å². The largest absolute Gasteiger partial charge is 0.454 e. The molecule has 5 heteroatoms. The number of benzene rings is 1. The highest BCUT2D eigenvalue weighted by Gasteiger charge is 2.16. The molecule has 4 nitrogen and oxygen atoms in total. The van der Waals surface area contributed by atoms with Crippen molar-refractivity contribution in [2.24, 2.45) is 11.8 Å². The van der Waals surface area contributed by atoms with Gasteiger partial charge in [0, 0.05) is 24.8 Å². The number of ether oxygens (including phenoxy) is 2. The van der Waals surface area contributed by atoms with Crippen LogP contribution in [-0.4, -0.2) is 29.9 Å². The van der Waals surface area contributed by atoms with Gasteiger partial charge in [0.05, 0.1) is 0 Å². The lowest BCUT2D eigenvalue weighted by molar-refractivity contribution is 0.174. The maximum atomic E-state index is 5.57. The molecule has 116 valence electrons. The van der Waals surface area contributed by atoms with E-state index in [4.69, 9.17) is 21.7 Å². The molecule has 0 spiro atoms. The summed E-state index contributed by atoms with van der Waals surface area (Å²) in [4.78, 5) is 2.23. The van der Waals surface area contributed by atoms with Crippen LogP contribution in [0.3, 0.4) is 0 Å². The van der Waals surface area contributed by atoms with Crippen LogP contribution in [0.15, 0.2) is 18.2 Å². The van der Waals surface area contributed by atoms with Gasteiger partial charge in [-0.3, -0.25) is 0 Å².